The third kappa shape index (κ3) is 2.80. The number of aromatic nitrogens is 1. The molecular weight excluding hydrogens is 224 g/mol. The summed E-state index contributed by atoms with van der Waals surface area (Å²) in [6.45, 7) is 4.31. The Morgan fingerprint density at radius 1 is 1.22 bits per heavy atom. The highest BCUT2D eigenvalue weighted by atomic mass is 16.5. The SMILES string of the molecule is COc1ccccc1N=Cc1ccn(C(C)C)c1. The van der Waals surface area contributed by atoms with Gasteiger partial charge in [-0.15, -0.1) is 0 Å². The predicted octanol–water partition coefficient (Wildman–Crippen LogP) is 3.83. The second kappa shape index (κ2) is 5.54. The molecule has 0 saturated carbocycles. The molecule has 1 aromatic carbocycles. The van der Waals surface area contributed by atoms with Gasteiger partial charge in [-0.3, -0.25) is 4.99 Å². The molecule has 1 heterocycles. The van der Waals surface area contributed by atoms with Crippen LogP contribution >= 0.6 is 0 Å². The fourth-order valence-electron chi connectivity index (χ4n) is 1.71. The Hall–Kier alpha value is -2.03. The summed E-state index contributed by atoms with van der Waals surface area (Å²) < 4.78 is 7.41. The van der Waals surface area contributed by atoms with E-state index < -0.39 is 0 Å². The van der Waals surface area contributed by atoms with E-state index in [1.807, 2.05) is 30.5 Å². The van der Waals surface area contributed by atoms with Crippen LogP contribution < -0.4 is 4.74 Å². The summed E-state index contributed by atoms with van der Waals surface area (Å²) in [5, 5.41) is 0. The highest BCUT2D eigenvalue weighted by molar-refractivity contribution is 5.82. The first kappa shape index (κ1) is 12.4. The molecule has 2 aromatic rings. The zero-order valence-corrected chi connectivity index (χ0v) is 11.0. The lowest BCUT2D eigenvalue weighted by molar-refractivity contribution is 0.416. The second-order valence-electron chi connectivity index (χ2n) is 4.42. The van der Waals surface area contributed by atoms with Crippen LogP contribution in [0.5, 0.6) is 5.75 Å². The van der Waals surface area contributed by atoms with E-state index in [-0.39, 0.29) is 0 Å². The first-order chi connectivity index (χ1) is 8.70. The van der Waals surface area contributed by atoms with Crippen molar-refractivity contribution in [2.75, 3.05) is 7.11 Å². The molecule has 0 aliphatic carbocycles. The fraction of sp³-hybridized carbons (Fsp3) is 0.267. The van der Waals surface area contributed by atoms with Gasteiger partial charge in [-0.05, 0) is 32.0 Å². The van der Waals surface area contributed by atoms with E-state index in [9.17, 15) is 0 Å². The van der Waals surface area contributed by atoms with Crippen LogP contribution in [0.3, 0.4) is 0 Å². The quantitative estimate of drug-likeness (QED) is 0.748. The van der Waals surface area contributed by atoms with Crippen molar-refractivity contribution >= 4 is 11.9 Å². The van der Waals surface area contributed by atoms with Crippen LogP contribution in [-0.2, 0) is 0 Å². The average molecular weight is 242 g/mol. The van der Waals surface area contributed by atoms with Gasteiger partial charge in [-0.1, -0.05) is 12.1 Å². The van der Waals surface area contributed by atoms with Crippen molar-refractivity contribution in [3.63, 3.8) is 0 Å². The van der Waals surface area contributed by atoms with Gasteiger partial charge in [0, 0.05) is 30.2 Å². The van der Waals surface area contributed by atoms with Gasteiger partial charge in [-0.2, -0.15) is 0 Å². The molecule has 18 heavy (non-hydrogen) atoms. The molecule has 0 saturated heterocycles. The smallest absolute Gasteiger partial charge is 0.144 e. The standard InChI is InChI=1S/C15H18N2O/c1-12(2)17-9-8-13(11-17)10-16-14-6-4-5-7-15(14)18-3/h4-12H,1-3H3. The minimum atomic E-state index is 0.471. The van der Waals surface area contributed by atoms with Gasteiger partial charge in [-0.25, -0.2) is 0 Å². The maximum atomic E-state index is 5.26. The molecule has 0 amide bonds. The van der Waals surface area contributed by atoms with Crippen LogP contribution in [-0.4, -0.2) is 17.9 Å². The van der Waals surface area contributed by atoms with Gasteiger partial charge < -0.3 is 9.30 Å². The van der Waals surface area contributed by atoms with E-state index in [0.717, 1.165) is 17.0 Å². The number of rotatable bonds is 4. The van der Waals surface area contributed by atoms with E-state index in [0.29, 0.717) is 6.04 Å². The van der Waals surface area contributed by atoms with Crippen LogP contribution in [0.4, 0.5) is 5.69 Å². The van der Waals surface area contributed by atoms with Crippen LogP contribution in [0.15, 0.2) is 47.7 Å². The molecule has 3 nitrogen and oxygen atoms in total. The zero-order valence-electron chi connectivity index (χ0n) is 11.0. The molecule has 0 fully saturated rings. The number of ether oxygens (including phenoxy) is 1. The van der Waals surface area contributed by atoms with Crippen molar-refractivity contribution in [2.45, 2.75) is 19.9 Å². The molecular formula is C15H18N2O. The van der Waals surface area contributed by atoms with Crippen molar-refractivity contribution in [1.29, 1.82) is 0 Å². The Kier molecular flexibility index (Phi) is 3.82. The minimum Gasteiger partial charge on any atom is -0.494 e. The molecule has 0 N–H and O–H groups in total. The van der Waals surface area contributed by atoms with E-state index in [1.54, 1.807) is 7.11 Å². The second-order valence-corrected chi connectivity index (χ2v) is 4.42. The number of nitrogens with zero attached hydrogens (tertiary/aromatic N) is 2. The number of aliphatic imine (C=N–C) groups is 1. The molecule has 0 aliphatic rings. The molecule has 2 rings (SSSR count). The summed E-state index contributed by atoms with van der Waals surface area (Å²) in [6.07, 6.45) is 6.01. The van der Waals surface area contributed by atoms with Crippen LogP contribution in [0.25, 0.3) is 0 Å². The summed E-state index contributed by atoms with van der Waals surface area (Å²) in [7, 11) is 1.66. The van der Waals surface area contributed by atoms with E-state index in [2.05, 4.69) is 41.9 Å². The van der Waals surface area contributed by atoms with E-state index in [4.69, 9.17) is 4.74 Å². The molecule has 0 atom stereocenters. The largest absolute Gasteiger partial charge is 0.494 e. The van der Waals surface area contributed by atoms with Gasteiger partial charge in [0.05, 0.1) is 7.11 Å². The van der Waals surface area contributed by atoms with Crippen LogP contribution in [0.1, 0.15) is 25.5 Å². The lowest BCUT2D eigenvalue weighted by atomic mass is 10.3. The molecule has 0 radical (unpaired) electrons. The summed E-state index contributed by atoms with van der Waals surface area (Å²) in [4.78, 5) is 4.46. The normalized spacial score (nSPS) is 11.3. The summed E-state index contributed by atoms with van der Waals surface area (Å²) in [5.41, 5.74) is 1.94. The molecule has 0 unspecified atom stereocenters. The zero-order chi connectivity index (χ0) is 13.0. The molecule has 1 aromatic heterocycles. The Morgan fingerprint density at radius 2 is 2.00 bits per heavy atom. The van der Waals surface area contributed by atoms with Crippen molar-refractivity contribution in [2.24, 2.45) is 4.99 Å². The van der Waals surface area contributed by atoms with Crippen molar-refractivity contribution in [1.82, 2.24) is 4.57 Å². The topological polar surface area (TPSA) is 26.5 Å². The average Bonchev–Trinajstić information content (AvgIpc) is 2.85. The van der Waals surface area contributed by atoms with Crippen LogP contribution in [0.2, 0.25) is 0 Å². The van der Waals surface area contributed by atoms with Gasteiger partial charge >= 0.3 is 0 Å². The Bertz CT molecular complexity index is 541. The third-order valence-corrected chi connectivity index (χ3v) is 2.77. The number of benzene rings is 1. The lowest BCUT2D eigenvalue weighted by Gasteiger charge is -2.04. The number of hydrogen-bond donors (Lipinski definition) is 0. The number of hydrogen-bond acceptors (Lipinski definition) is 2. The molecule has 0 aliphatic heterocycles. The Morgan fingerprint density at radius 3 is 2.67 bits per heavy atom. The van der Waals surface area contributed by atoms with Crippen molar-refractivity contribution in [3.05, 3.63) is 48.3 Å². The van der Waals surface area contributed by atoms with Gasteiger partial charge in [0.2, 0.25) is 0 Å². The van der Waals surface area contributed by atoms with Crippen LogP contribution in [0, 0.1) is 0 Å². The van der Waals surface area contributed by atoms with E-state index in [1.165, 1.54) is 0 Å². The Labute approximate surface area is 108 Å². The third-order valence-electron chi connectivity index (χ3n) is 2.77. The molecule has 0 spiro atoms. The number of methoxy groups -OCH3 is 1. The maximum Gasteiger partial charge on any atom is 0.144 e. The van der Waals surface area contributed by atoms with Crippen molar-refractivity contribution < 1.29 is 4.74 Å². The highest BCUT2D eigenvalue weighted by Crippen LogP contribution is 2.26. The first-order valence-electron chi connectivity index (χ1n) is 6.05. The monoisotopic (exact) mass is 242 g/mol. The van der Waals surface area contributed by atoms with Gasteiger partial charge in [0.1, 0.15) is 11.4 Å². The molecule has 3 heteroatoms. The Balaban J connectivity index is 2.19. The van der Waals surface area contributed by atoms with Gasteiger partial charge in [0.25, 0.3) is 0 Å². The van der Waals surface area contributed by atoms with Gasteiger partial charge in [0.15, 0.2) is 0 Å². The summed E-state index contributed by atoms with van der Waals surface area (Å²) in [6, 6.07) is 10.3. The van der Waals surface area contributed by atoms with Crippen molar-refractivity contribution in [3.8, 4) is 5.75 Å². The first-order valence-corrected chi connectivity index (χ1v) is 6.05. The molecule has 94 valence electrons. The minimum absolute atomic E-state index is 0.471. The fourth-order valence-corrected chi connectivity index (χ4v) is 1.71. The lowest BCUT2D eigenvalue weighted by Crippen LogP contribution is -1.95. The molecule has 0 bridgehead atoms. The summed E-state index contributed by atoms with van der Waals surface area (Å²) >= 11 is 0. The number of para-hydroxylation sites is 2. The highest BCUT2D eigenvalue weighted by Gasteiger charge is 2.00. The predicted molar refractivity (Wildman–Crippen MR) is 75.1 cm³/mol. The maximum absolute atomic E-state index is 5.26. The van der Waals surface area contributed by atoms with E-state index >= 15 is 0 Å². The summed E-state index contributed by atoms with van der Waals surface area (Å²) in [5.74, 6) is 0.789.